The van der Waals surface area contributed by atoms with Gasteiger partial charge in [0.2, 0.25) is 5.91 Å². The Labute approximate surface area is 191 Å². The summed E-state index contributed by atoms with van der Waals surface area (Å²) in [6.07, 6.45) is 10.6. The van der Waals surface area contributed by atoms with Crippen molar-refractivity contribution < 1.29 is 54.2 Å². The molecule has 8 heteroatoms. The molecule has 0 spiro atoms. The average Bonchev–Trinajstić information content (AvgIpc) is 2.61. The molecule has 0 heterocycles. The Kier molecular flexibility index (Phi) is 20.8. The van der Waals surface area contributed by atoms with Gasteiger partial charge in [0.05, 0.1) is 17.9 Å². The summed E-state index contributed by atoms with van der Waals surface area (Å²) in [5, 5.41) is 22.8. The van der Waals surface area contributed by atoms with Crippen LogP contribution in [0.15, 0.2) is 0 Å². The van der Waals surface area contributed by atoms with Crippen molar-refractivity contribution in [3.05, 3.63) is 0 Å². The summed E-state index contributed by atoms with van der Waals surface area (Å²) in [7, 11) is 0. The van der Waals surface area contributed by atoms with E-state index in [1.165, 1.54) is 25.7 Å². The van der Waals surface area contributed by atoms with Gasteiger partial charge in [-0.05, 0) is 32.2 Å². The molecule has 0 radical (unpaired) electrons. The smallest absolute Gasteiger partial charge is 0.548 e. The Hall–Kier alpha value is -0.630. The number of hydrogen-bond donors (Lipinski definition) is 3. The molecule has 28 heavy (non-hydrogen) atoms. The van der Waals surface area contributed by atoms with Crippen molar-refractivity contribution in [3.8, 4) is 0 Å². The van der Waals surface area contributed by atoms with Crippen LogP contribution in [0.5, 0.6) is 0 Å². The number of nitrogens with two attached hydrogens (primary N) is 1. The number of hydrogen-bond acceptors (Lipinski definition) is 5. The number of nitrogens with one attached hydrogen (secondary N) is 1. The summed E-state index contributed by atoms with van der Waals surface area (Å²) in [6.45, 7) is 2.63. The molecule has 0 aromatic carbocycles. The molecular weight excluding hydrogens is 371 g/mol. The van der Waals surface area contributed by atoms with E-state index in [2.05, 4.69) is 12.2 Å². The first kappa shape index (κ1) is 29.6. The second kappa shape index (κ2) is 19.7. The molecule has 1 unspecified atom stereocenters. The molecule has 1 amide bonds. The maximum Gasteiger partial charge on any atom is 1.00 e. The van der Waals surface area contributed by atoms with Gasteiger partial charge in [-0.3, -0.25) is 9.59 Å². The average molecular weight is 409 g/mol. The maximum absolute atomic E-state index is 12.1. The van der Waals surface area contributed by atoms with E-state index >= 15 is 0 Å². The van der Waals surface area contributed by atoms with Crippen molar-refractivity contribution in [2.45, 2.75) is 96.4 Å². The Balaban J connectivity index is 0. The summed E-state index contributed by atoms with van der Waals surface area (Å²) < 4.78 is 0. The molecule has 0 rings (SSSR count). The zero-order chi connectivity index (χ0) is 20.5. The van der Waals surface area contributed by atoms with Gasteiger partial charge in [0.15, 0.2) is 0 Å². The van der Waals surface area contributed by atoms with Gasteiger partial charge in [-0.2, -0.15) is 0 Å². The molecule has 0 fully saturated rings. The summed E-state index contributed by atoms with van der Waals surface area (Å²) in [5.74, 6) is -3.70. The number of carbonyl (C=O) groups excluding carboxylic acids is 2. The maximum atomic E-state index is 12.1. The van der Waals surface area contributed by atoms with Gasteiger partial charge in [-0.15, -0.1) is 0 Å². The Morgan fingerprint density at radius 2 is 1.46 bits per heavy atom. The summed E-state index contributed by atoms with van der Waals surface area (Å²) in [6, 6.07) is -1.10. The van der Waals surface area contributed by atoms with Crippen LogP contribution in [0, 0.1) is 5.92 Å². The van der Waals surface area contributed by atoms with Crippen LogP contribution >= 0.6 is 0 Å². The third-order valence-electron chi connectivity index (χ3n) is 4.75. The van der Waals surface area contributed by atoms with Crippen LogP contribution in [-0.4, -0.2) is 35.5 Å². The number of amides is 1. The Bertz CT molecular complexity index is 435. The zero-order valence-corrected chi connectivity index (χ0v) is 19.7. The van der Waals surface area contributed by atoms with E-state index in [4.69, 9.17) is 5.73 Å². The third kappa shape index (κ3) is 16.3. The summed E-state index contributed by atoms with van der Waals surface area (Å²) >= 11 is 0. The van der Waals surface area contributed by atoms with Crippen LogP contribution in [-0.2, 0) is 14.4 Å². The molecule has 0 saturated carbocycles. The first-order valence-electron chi connectivity index (χ1n) is 10.3. The number of unbranched alkanes of at least 4 members (excludes halogenated alkanes) is 8. The van der Waals surface area contributed by atoms with Crippen LogP contribution in [0.3, 0.4) is 0 Å². The van der Waals surface area contributed by atoms with E-state index in [9.17, 15) is 24.6 Å². The van der Waals surface area contributed by atoms with Crippen molar-refractivity contribution in [3.63, 3.8) is 0 Å². The number of carboxylic acid groups (broad SMARTS) is 2. The fraction of sp³-hybridized carbons (Fsp3) is 0.850. The number of carboxylic acids is 2. The van der Waals surface area contributed by atoms with Crippen LogP contribution in [0.25, 0.3) is 0 Å². The molecular formula is C20H37N2NaO5. The molecule has 0 aliphatic heterocycles. The standard InChI is InChI=1S/C20H38N2O5.Na/c1-2-3-4-5-6-7-8-9-12-16(19(24)25)15-18(23)22-17(20(26)27)13-10-11-14-21;/h16-17H,2-15,21H2,1H3,(H,22,23)(H,24,25)(H,26,27);/q;+1/p-1/t16?,17-;/m0./s1. The Morgan fingerprint density at radius 3 is 1.96 bits per heavy atom. The van der Waals surface area contributed by atoms with Crippen molar-refractivity contribution in [1.29, 1.82) is 0 Å². The van der Waals surface area contributed by atoms with E-state index in [1.807, 2.05) is 0 Å². The number of carbonyl (C=O) groups is 3. The first-order chi connectivity index (χ1) is 12.9. The minimum Gasteiger partial charge on any atom is -0.548 e. The van der Waals surface area contributed by atoms with Crippen LogP contribution in [0.2, 0.25) is 0 Å². The largest absolute Gasteiger partial charge is 1.00 e. The minimum absolute atomic E-state index is 0. The van der Waals surface area contributed by atoms with Crippen LogP contribution < -0.4 is 45.7 Å². The van der Waals surface area contributed by atoms with Gasteiger partial charge in [0, 0.05) is 6.42 Å². The van der Waals surface area contributed by atoms with Crippen molar-refractivity contribution in [1.82, 2.24) is 5.32 Å². The Morgan fingerprint density at radius 1 is 0.929 bits per heavy atom. The van der Waals surface area contributed by atoms with E-state index in [0.717, 1.165) is 25.7 Å². The predicted molar refractivity (Wildman–Crippen MR) is 103 cm³/mol. The molecule has 0 aliphatic rings. The van der Waals surface area contributed by atoms with E-state index in [1.54, 1.807) is 0 Å². The number of rotatable bonds is 18. The molecule has 158 valence electrons. The molecule has 0 aliphatic carbocycles. The normalized spacial score (nSPS) is 12.6. The van der Waals surface area contributed by atoms with E-state index in [0.29, 0.717) is 25.8 Å². The second-order valence-electron chi connectivity index (χ2n) is 7.23. The predicted octanol–water partition coefficient (Wildman–Crippen LogP) is -1.02. The fourth-order valence-electron chi connectivity index (χ4n) is 3.06. The monoisotopic (exact) mass is 408 g/mol. The van der Waals surface area contributed by atoms with Crippen molar-refractivity contribution in [2.75, 3.05) is 6.54 Å². The summed E-state index contributed by atoms with van der Waals surface area (Å²) in [4.78, 5) is 34.5. The molecule has 0 bridgehead atoms. The van der Waals surface area contributed by atoms with Gasteiger partial charge in [-0.25, -0.2) is 0 Å². The molecule has 7 nitrogen and oxygen atoms in total. The minimum atomic E-state index is -1.35. The van der Waals surface area contributed by atoms with Crippen LogP contribution in [0.4, 0.5) is 0 Å². The van der Waals surface area contributed by atoms with E-state index in [-0.39, 0.29) is 42.4 Å². The zero-order valence-electron chi connectivity index (χ0n) is 17.7. The quantitative estimate of drug-likeness (QED) is 0.196. The van der Waals surface area contributed by atoms with E-state index < -0.39 is 29.8 Å². The van der Waals surface area contributed by atoms with Crippen molar-refractivity contribution >= 4 is 17.8 Å². The van der Waals surface area contributed by atoms with Gasteiger partial charge in [0.1, 0.15) is 0 Å². The van der Waals surface area contributed by atoms with Crippen molar-refractivity contribution in [2.24, 2.45) is 11.7 Å². The van der Waals surface area contributed by atoms with Gasteiger partial charge >= 0.3 is 35.5 Å². The molecule has 0 aromatic heterocycles. The molecule has 0 aromatic rings. The SMILES string of the molecule is CCCCCCCCCCC(CC(=O)N[C@@H](CCCCN)C(=O)[O-])C(=O)O.[Na+]. The number of aliphatic carboxylic acids is 2. The summed E-state index contributed by atoms with van der Waals surface area (Å²) in [5.41, 5.74) is 5.37. The van der Waals surface area contributed by atoms with Gasteiger partial charge in [0.25, 0.3) is 0 Å². The van der Waals surface area contributed by atoms with Crippen LogP contribution in [0.1, 0.15) is 90.4 Å². The van der Waals surface area contributed by atoms with Gasteiger partial charge < -0.3 is 26.1 Å². The molecule has 2 atom stereocenters. The third-order valence-corrected chi connectivity index (χ3v) is 4.75. The molecule has 4 N–H and O–H groups in total. The first-order valence-corrected chi connectivity index (χ1v) is 10.3. The second-order valence-corrected chi connectivity index (χ2v) is 7.23. The fourth-order valence-corrected chi connectivity index (χ4v) is 3.06. The van der Waals surface area contributed by atoms with Gasteiger partial charge in [-0.1, -0.05) is 58.3 Å². The topological polar surface area (TPSA) is 133 Å². The molecule has 0 saturated heterocycles.